The fourth-order valence-corrected chi connectivity index (χ4v) is 4.52. The number of hydrogen-bond acceptors (Lipinski definition) is 7. The summed E-state index contributed by atoms with van der Waals surface area (Å²) >= 11 is 0. The summed E-state index contributed by atoms with van der Waals surface area (Å²) in [6, 6.07) is 11.3. The number of ether oxygens (including phenoxy) is 1. The van der Waals surface area contributed by atoms with E-state index in [1.165, 1.54) is 0 Å². The molecule has 9 nitrogen and oxygen atoms in total. The monoisotopic (exact) mass is 492 g/mol. The molecule has 0 aliphatic heterocycles. The number of benzene rings is 1. The van der Waals surface area contributed by atoms with E-state index in [2.05, 4.69) is 60.0 Å². The number of nitrogens with zero attached hydrogens (tertiary/aromatic N) is 5. The molecule has 0 saturated heterocycles. The van der Waals surface area contributed by atoms with Crippen LogP contribution in [0.4, 0.5) is 0 Å². The Bertz CT molecular complexity index is 1340. The van der Waals surface area contributed by atoms with Crippen molar-refractivity contribution in [2.75, 3.05) is 6.61 Å². The Morgan fingerprint density at radius 2 is 1.97 bits per heavy atom. The van der Waals surface area contributed by atoms with Crippen LogP contribution in [0.25, 0.3) is 10.9 Å². The van der Waals surface area contributed by atoms with Gasteiger partial charge in [0.15, 0.2) is 5.82 Å². The molecule has 0 aliphatic rings. The van der Waals surface area contributed by atoms with Crippen LogP contribution in [0.15, 0.2) is 51.9 Å². The van der Waals surface area contributed by atoms with Gasteiger partial charge in [-0.2, -0.15) is 0 Å². The number of pyridine rings is 1. The maximum absolute atomic E-state index is 13.2. The van der Waals surface area contributed by atoms with Crippen LogP contribution in [0.3, 0.4) is 0 Å². The van der Waals surface area contributed by atoms with Gasteiger partial charge in [-0.25, -0.2) is 4.68 Å². The molecule has 3 heterocycles. The molecule has 1 atom stereocenters. The Balaban J connectivity index is 1.78. The number of hydrogen-bond donors (Lipinski definition) is 1. The molecule has 0 bridgehead atoms. The van der Waals surface area contributed by atoms with Gasteiger partial charge in [-0.15, -0.1) is 5.10 Å². The van der Waals surface area contributed by atoms with Crippen LogP contribution < -0.4 is 10.3 Å². The van der Waals surface area contributed by atoms with Crippen molar-refractivity contribution >= 4 is 10.9 Å². The summed E-state index contributed by atoms with van der Waals surface area (Å²) in [6.45, 7) is 14.1. The van der Waals surface area contributed by atoms with Crippen LogP contribution in [-0.4, -0.2) is 36.7 Å². The zero-order valence-electron chi connectivity index (χ0n) is 22.0. The van der Waals surface area contributed by atoms with E-state index in [0.717, 1.165) is 34.7 Å². The second-order valence-corrected chi connectivity index (χ2v) is 10.1. The third-order valence-electron chi connectivity index (χ3n) is 6.74. The smallest absolute Gasteiger partial charge is 0.252 e. The predicted molar refractivity (Wildman–Crippen MR) is 139 cm³/mol. The average molecular weight is 493 g/mol. The van der Waals surface area contributed by atoms with Crippen LogP contribution in [-0.2, 0) is 18.6 Å². The Kier molecular flexibility index (Phi) is 7.59. The highest BCUT2D eigenvalue weighted by atomic mass is 16.5. The Hall–Kier alpha value is -3.46. The van der Waals surface area contributed by atoms with E-state index in [4.69, 9.17) is 9.15 Å². The third kappa shape index (κ3) is 5.36. The molecule has 0 aliphatic carbocycles. The van der Waals surface area contributed by atoms with Gasteiger partial charge >= 0.3 is 0 Å². The van der Waals surface area contributed by atoms with E-state index in [1.807, 2.05) is 48.0 Å². The molecule has 0 radical (unpaired) electrons. The molecule has 4 aromatic rings. The lowest BCUT2D eigenvalue weighted by Gasteiger charge is -2.35. The number of rotatable bonds is 11. The maximum atomic E-state index is 13.2. The predicted octanol–water partition coefficient (Wildman–Crippen LogP) is 5.05. The molecule has 0 unspecified atom stereocenters. The largest absolute Gasteiger partial charge is 0.494 e. The van der Waals surface area contributed by atoms with Crippen molar-refractivity contribution in [3.8, 4) is 5.75 Å². The summed E-state index contributed by atoms with van der Waals surface area (Å²) in [6.07, 6.45) is 2.54. The van der Waals surface area contributed by atoms with Gasteiger partial charge in [0, 0.05) is 23.0 Å². The highest BCUT2D eigenvalue weighted by Gasteiger charge is 2.34. The van der Waals surface area contributed by atoms with E-state index in [1.54, 1.807) is 6.26 Å². The molecule has 0 saturated carbocycles. The van der Waals surface area contributed by atoms with Crippen molar-refractivity contribution in [1.82, 2.24) is 30.1 Å². The standard InChI is InChI=1S/C27H36N6O3/c1-7-27(5,6)33-25(29-30-31-33)24(18(3)4)32(17-22-10-9-13-36-22)16-20-14-19-15-21(35-8-2)11-12-23(19)28-26(20)34/h9-15,18,24H,7-8,16-17H2,1-6H3,(H,28,34)/t24-/m1/s1. The lowest BCUT2D eigenvalue weighted by atomic mass is 9.97. The molecule has 4 rings (SSSR count). The topological polar surface area (TPSA) is 102 Å². The summed E-state index contributed by atoms with van der Waals surface area (Å²) < 4.78 is 13.3. The first-order valence-electron chi connectivity index (χ1n) is 12.6. The molecule has 0 amide bonds. The van der Waals surface area contributed by atoms with E-state index in [0.29, 0.717) is 25.3 Å². The first-order chi connectivity index (χ1) is 17.2. The number of furan rings is 1. The van der Waals surface area contributed by atoms with E-state index in [-0.39, 0.29) is 23.1 Å². The summed E-state index contributed by atoms with van der Waals surface area (Å²) in [5.74, 6) is 2.53. The molecule has 9 heteroatoms. The zero-order valence-corrected chi connectivity index (χ0v) is 22.0. The van der Waals surface area contributed by atoms with Gasteiger partial charge in [0.1, 0.15) is 11.5 Å². The van der Waals surface area contributed by atoms with Crippen LogP contribution >= 0.6 is 0 Å². The molecular formula is C27H36N6O3. The number of tetrazole rings is 1. The van der Waals surface area contributed by atoms with E-state index in [9.17, 15) is 4.79 Å². The number of aromatic nitrogens is 5. The number of H-pyrrole nitrogens is 1. The van der Waals surface area contributed by atoms with E-state index < -0.39 is 0 Å². The van der Waals surface area contributed by atoms with Crippen LogP contribution in [0, 0.1) is 5.92 Å². The van der Waals surface area contributed by atoms with Gasteiger partial charge < -0.3 is 14.1 Å². The minimum absolute atomic E-state index is 0.118. The SMILES string of the molecule is CCOc1ccc2[nH]c(=O)c(CN(Cc3ccco3)[C@@H](c3nnnn3C(C)(C)CC)C(C)C)cc2c1. The fraction of sp³-hybridized carbons (Fsp3) is 0.481. The summed E-state index contributed by atoms with van der Waals surface area (Å²) in [5, 5.41) is 13.8. The fourth-order valence-electron chi connectivity index (χ4n) is 4.52. The second kappa shape index (κ2) is 10.7. The van der Waals surface area contributed by atoms with Crippen molar-refractivity contribution in [2.45, 2.75) is 72.6 Å². The molecular weight excluding hydrogens is 456 g/mol. The van der Waals surface area contributed by atoms with Crippen molar-refractivity contribution in [2.24, 2.45) is 5.92 Å². The van der Waals surface area contributed by atoms with Gasteiger partial charge in [-0.05, 0) is 79.9 Å². The number of aromatic amines is 1. The molecule has 0 spiro atoms. The second-order valence-electron chi connectivity index (χ2n) is 10.1. The van der Waals surface area contributed by atoms with Crippen molar-refractivity contribution in [3.05, 3.63) is 70.2 Å². The lowest BCUT2D eigenvalue weighted by Crippen LogP contribution is -2.38. The molecule has 3 aromatic heterocycles. The normalized spacial score (nSPS) is 13.1. The van der Waals surface area contributed by atoms with Crippen molar-refractivity contribution in [3.63, 3.8) is 0 Å². The van der Waals surface area contributed by atoms with Gasteiger partial charge in [-0.1, -0.05) is 20.8 Å². The highest BCUT2D eigenvalue weighted by Crippen LogP contribution is 2.33. The lowest BCUT2D eigenvalue weighted by molar-refractivity contribution is 0.109. The zero-order chi connectivity index (χ0) is 25.9. The van der Waals surface area contributed by atoms with Gasteiger partial charge in [0.2, 0.25) is 0 Å². The Morgan fingerprint density at radius 1 is 1.17 bits per heavy atom. The van der Waals surface area contributed by atoms with Gasteiger partial charge in [0.05, 0.1) is 31.0 Å². The average Bonchev–Trinajstić information content (AvgIpc) is 3.53. The summed E-state index contributed by atoms with van der Waals surface area (Å²) in [4.78, 5) is 18.4. The first-order valence-corrected chi connectivity index (χ1v) is 12.6. The summed E-state index contributed by atoms with van der Waals surface area (Å²) in [7, 11) is 0. The first kappa shape index (κ1) is 25.6. The molecule has 0 fully saturated rings. The van der Waals surface area contributed by atoms with Crippen molar-refractivity contribution in [1.29, 1.82) is 0 Å². The van der Waals surface area contributed by atoms with E-state index >= 15 is 0 Å². The van der Waals surface area contributed by atoms with Gasteiger partial charge in [-0.3, -0.25) is 9.69 Å². The number of fused-ring (bicyclic) bond motifs is 1. The van der Waals surface area contributed by atoms with Crippen LogP contribution in [0.2, 0.25) is 0 Å². The molecule has 192 valence electrons. The number of nitrogens with one attached hydrogen (secondary N) is 1. The summed E-state index contributed by atoms with van der Waals surface area (Å²) in [5.41, 5.74) is 1.06. The van der Waals surface area contributed by atoms with Crippen molar-refractivity contribution < 1.29 is 9.15 Å². The Labute approximate surface area is 211 Å². The minimum Gasteiger partial charge on any atom is -0.494 e. The third-order valence-corrected chi connectivity index (χ3v) is 6.74. The molecule has 36 heavy (non-hydrogen) atoms. The van der Waals surface area contributed by atoms with Gasteiger partial charge in [0.25, 0.3) is 5.56 Å². The minimum atomic E-state index is -0.252. The molecule has 1 aromatic carbocycles. The highest BCUT2D eigenvalue weighted by molar-refractivity contribution is 5.80. The molecule has 1 N–H and O–H groups in total. The maximum Gasteiger partial charge on any atom is 0.252 e. The van der Waals surface area contributed by atoms with Crippen LogP contribution in [0.1, 0.15) is 71.2 Å². The Morgan fingerprint density at radius 3 is 2.64 bits per heavy atom. The van der Waals surface area contributed by atoms with Crippen LogP contribution in [0.5, 0.6) is 5.75 Å². The quantitative estimate of drug-likeness (QED) is 0.312.